The Morgan fingerprint density at radius 1 is 0.500 bits per heavy atom. The van der Waals surface area contributed by atoms with E-state index >= 15 is 0 Å². The highest BCUT2D eigenvalue weighted by atomic mass is 32.3. The van der Waals surface area contributed by atoms with E-state index in [9.17, 15) is 9.59 Å². The Hall–Kier alpha value is -2.34. The molecule has 4 aromatic heterocycles. The van der Waals surface area contributed by atoms with Gasteiger partial charge in [0.15, 0.2) is 0 Å². The van der Waals surface area contributed by atoms with Gasteiger partial charge in [-0.05, 0) is 91.5 Å². The van der Waals surface area contributed by atoms with Gasteiger partial charge in [-0.3, -0.25) is 0 Å². The molecule has 0 saturated carbocycles. The number of carbonyl (C=O) groups excluding carboxylic acids is 2. The molecule has 0 aliphatic heterocycles. The number of hydrogen-bond donors (Lipinski definition) is 0. The first kappa shape index (κ1) is 43.2. The molecule has 4 nitrogen and oxygen atoms in total. The molecule has 2 aromatic carbocycles. The number of carbonyl (C=O) groups is 2. The Balaban J connectivity index is 1.55. The molecular formula is C46H60O4S6. The predicted molar refractivity (Wildman–Crippen MR) is 256 cm³/mol. The maximum Gasteiger partial charge on any atom is 0.341 e. The van der Waals surface area contributed by atoms with Crippen LogP contribution in [0, 0.1) is 0 Å². The lowest BCUT2D eigenvalue weighted by Gasteiger charge is -2.50. The van der Waals surface area contributed by atoms with Gasteiger partial charge < -0.3 is 9.47 Å². The molecule has 0 aliphatic rings. The number of thiophene rings is 4. The van der Waals surface area contributed by atoms with E-state index in [1.165, 1.54) is 51.3 Å². The van der Waals surface area contributed by atoms with E-state index in [-0.39, 0.29) is 25.2 Å². The number of fused-ring (bicyclic) bond motifs is 3. The second-order valence-corrected chi connectivity index (χ2v) is 30.5. The van der Waals surface area contributed by atoms with Crippen LogP contribution in [0.15, 0.2) is 56.9 Å². The predicted octanol–water partition coefficient (Wildman–Crippen LogP) is 15.9. The number of ether oxygens (including phenoxy) is 2. The maximum atomic E-state index is 14.0. The molecule has 0 saturated heterocycles. The van der Waals surface area contributed by atoms with Crippen molar-refractivity contribution >= 4 is 107 Å². The lowest BCUT2D eigenvalue weighted by Crippen LogP contribution is -2.28. The van der Waals surface area contributed by atoms with Gasteiger partial charge in [0, 0.05) is 17.8 Å². The van der Waals surface area contributed by atoms with Crippen molar-refractivity contribution < 1.29 is 19.1 Å². The van der Waals surface area contributed by atoms with Crippen LogP contribution in [0.4, 0.5) is 0 Å². The van der Waals surface area contributed by atoms with Gasteiger partial charge in [-0.1, -0.05) is 107 Å². The third-order valence-corrected chi connectivity index (χ3v) is 29.0. The van der Waals surface area contributed by atoms with Crippen molar-refractivity contribution in [3.8, 4) is 20.9 Å². The van der Waals surface area contributed by atoms with Crippen LogP contribution >= 0.6 is 65.4 Å². The minimum absolute atomic E-state index is 0.264. The Morgan fingerprint density at radius 2 is 0.821 bits per heavy atom. The van der Waals surface area contributed by atoms with Gasteiger partial charge in [0.1, 0.15) is 0 Å². The minimum atomic E-state index is -1.09. The Kier molecular flexibility index (Phi) is 12.9. The lowest BCUT2D eigenvalue weighted by molar-refractivity contribution is 0.0519. The van der Waals surface area contributed by atoms with Gasteiger partial charge in [0.25, 0.3) is 0 Å². The lowest BCUT2D eigenvalue weighted by atomic mass is 10.1. The van der Waals surface area contributed by atoms with Crippen LogP contribution in [-0.2, 0) is 9.47 Å². The van der Waals surface area contributed by atoms with Gasteiger partial charge in [-0.2, -0.15) is 20.1 Å². The monoisotopic (exact) mass is 868 g/mol. The van der Waals surface area contributed by atoms with Crippen molar-refractivity contribution in [2.24, 2.45) is 0 Å². The summed E-state index contributed by atoms with van der Waals surface area (Å²) in [5.74, 6) is -0.721. The highest BCUT2D eigenvalue weighted by Crippen LogP contribution is 2.70. The zero-order valence-electron chi connectivity index (χ0n) is 35.6. The summed E-state index contributed by atoms with van der Waals surface area (Å²) in [5, 5.41) is 5.82. The normalized spacial score (nSPS) is 13.6. The summed E-state index contributed by atoms with van der Waals surface area (Å²) in [7, 11) is -2.18. The zero-order valence-corrected chi connectivity index (χ0v) is 40.5. The molecule has 0 unspecified atom stereocenters. The number of esters is 2. The van der Waals surface area contributed by atoms with Gasteiger partial charge in [0.2, 0.25) is 0 Å². The fourth-order valence-corrected chi connectivity index (χ4v) is 29.0. The van der Waals surface area contributed by atoms with Crippen LogP contribution in [0.5, 0.6) is 0 Å². The Bertz CT molecular complexity index is 2170. The van der Waals surface area contributed by atoms with Crippen molar-refractivity contribution in [2.45, 2.75) is 137 Å². The molecule has 0 N–H and O–H groups in total. The fraction of sp³-hybridized carbons (Fsp3) is 0.478. The van der Waals surface area contributed by atoms with Gasteiger partial charge in [-0.25, -0.2) is 9.59 Å². The van der Waals surface area contributed by atoms with E-state index in [0.29, 0.717) is 42.6 Å². The molecule has 0 aliphatic carbocycles. The van der Waals surface area contributed by atoms with Gasteiger partial charge in [-0.15, -0.1) is 45.3 Å². The molecule has 0 amide bonds. The summed E-state index contributed by atoms with van der Waals surface area (Å²) in [6.45, 7) is 32.9. The van der Waals surface area contributed by atoms with Crippen molar-refractivity contribution in [1.29, 1.82) is 0 Å². The minimum Gasteiger partial charge on any atom is -0.462 e. The standard InChI is InChI=1S/C46H60O4S6/c1-15-49-45(47)39-41(33-19-17-31-23-37(51-35(31)21-33)55(25(3)4,26(5)6)27(7)8)53-44-40(46(48)50-16-2)42(54-43(39)44)34-20-18-32-24-38(52-36(32)22-34)56(28(9)10,29(11)12)30(13)14/h17-30H,15-16H2,1-14H3. The molecule has 0 spiro atoms. The molecule has 4 heterocycles. The van der Waals surface area contributed by atoms with E-state index in [2.05, 4.69) is 132 Å². The van der Waals surface area contributed by atoms with E-state index in [0.717, 1.165) is 30.3 Å². The smallest absolute Gasteiger partial charge is 0.341 e. The van der Waals surface area contributed by atoms with Gasteiger partial charge >= 0.3 is 11.9 Å². The van der Waals surface area contributed by atoms with Crippen LogP contribution in [-0.4, -0.2) is 56.7 Å². The maximum absolute atomic E-state index is 14.0. The zero-order chi connectivity index (χ0) is 41.0. The SMILES string of the molecule is CCOC(=O)c1c(-c2ccc3cc(S(C(C)C)(C(C)C)C(C)C)sc3c2)sc2c(C(=O)OCC)c(-c3ccc4cc(S(C(C)C)(C(C)C)C(C)C)sc4c3)sc12. The Labute approximate surface area is 354 Å². The first-order valence-corrected chi connectivity index (χ1v) is 27.0. The van der Waals surface area contributed by atoms with Crippen molar-refractivity contribution in [3.05, 3.63) is 59.7 Å². The van der Waals surface area contributed by atoms with Crippen LogP contribution in [0.25, 0.3) is 50.5 Å². The van der Waals surface area contributed by atoms with Crippen molar-refractivity contribution in [2.75, 3.05) is 13.2 Å². The first-order chi connectivity index (χ1) is 26.5. The van der Waals surface area contributed by atoms with Crippen molar-refractivity contribution in [3.63, 3.8) is 0 Å². The molecule has 10 heteroatoms. The van der Waals surface area contributed by atoms with E-state index in [1.54, 1.807) is 0 Å². The molecule has 0 bridgehead atoms. The largest absolute Gasteiger partial charge is 0.462 e. The van der Waals surface area contributed by atoms with Crippen LogP contribution < -0.4 is 0 Å². The average molecular weight is 869 g/mol. The molecule has 6 rings (SSSR count). The summed E-state index contributed by atoms with van der Waals surface area (Å²) in [6, 6.07) is 18.0. The number of rotatable bonds is 14. The van der Waals surface area contributed by atoms with E-state index in [1.807, 2.05) is 36.5 Å². The number of hydrogen-bond acceptors (Lipinski definition) is 8. The third kappa shape index (κ3) is 7.00. The van der Waals surface area contributed by atoms with Crippen LogP contribution in [0.3, 0.4) is 0 Å². The summed E-state index contributed by atoms with van der Waals surface area (Å²) < 4.78 is 18.5. The summed E-state index contributed by atoms with van der Waals surface area (Å²) >= 11 is 6.84. The molecular weight excluding hydrogens is 809 g/mol. The summed E-state index contributed by atoms with van der Waals surface area (Å²) in [5.41, 5.74) is 3.01. The second kappa shape index (κ2) is 16.7. The highest BCUT2D eigenvalue weighted by Gasteiger charge is 2.39. The molecule has 56 heavy (non-hydrogen) atoms. The molecule has 6 aromatic rings. The average Bonchev–Trinajstić information content (AvgIpc) is 3.88. The summed E-state index contributed by atoms with van der Waals surface area (Å²) in [4.78, 5) is 29.7. The second-order valence-electron chi connectivity index (χ2n) is 16.2. The number of benzene rings is 2. The van der Waals surface area contributed by atoms with Crippen LogP contribution in [0.1, 0.15) is 118 Å². The quantitative estimate of drug-likeness (QED) is 0.102. The van der Waals surface area contributed by atoms with E-state index < -0.39 is 20.1 Å². The molecule has 0 atom stereocenters. The molecule has 0 radical (unpaired) electrons. The fourth-order valence-electron chi connectivity index (χ4n) is 9.42. The first-order valence-electron chi connectivity index (χ1n) is 20.1. The van der Waals surface area contributed by atoms with E-state index in [4.69, 9.17) is 9.47 Å². The molecule has 0 fully saturated rings. The van der Waals surface area contributed by atoms with Crippen LogP contribution in [0.2, 0.25) is 0 Å². The van der Waals surface area contributed by atoms with Gasteiger partial charge in [0.05, 0.1) is 43.5 Å². The third-order valence-electron chi connectivity index (χ3n) is 11.4. The topological polar surface area (TPSA) is 52.6 Å². The molecule has 304 valence electrons. The highest BCUT2D eigenvalue weighted by molar-refractivity contribution is 8.36. The summed E-state index contributed by atoms with van der Waals surface area (Å²) in [6.07, 6.45) is 0. The Morgan fingerprint density at radius 3 is 1.11 bits per heavy atom. The van der Waals surface area contributed by atoms with Crippen molar-refractivity contribution in [1.82, 2.24) is 0 Å².